The van der Waals surface area contributed by atoms with E-state index in [0.29, 0.717) is 18.7 Å². The maximum atomic E-state index is 13.2. The Labute approximate surface area is 163 Å². The zero-order chi connectivity index (χ0) is 19.5. The summed E-state index contributed by atoms with van der Waals surface area (Å²) in [4.78, 5) is 14.7. The van der Waals surface area contributed by atoms with Crippen molar-refractivity contribution in [3.63, 3.8) is 0 Å². The van der Waals surface area contributed by atoms with Gasteiger partial charge in [0.25, 0.3) is 5.91 Å². The van der Waals surface area contributed by atoms with Gasteiger partial charge in [-0.15, -0.1) is 0 Å². The maximum absolute atomic E-state index is 13.2. The minimum absolute atomic E-state index is 0.179. The molecule has 28 heavy (non-hydrogen) atoms. The summed E-state index contributed by atoms with van der Waals surface area (Å²) in [7, 11) is 0. The van der Waals surface area contributed by atoms with Crippen LogP contribution in [0.15, 0.2) is 60.5 Å². The van der Waals surface area contributed by atoms with E-state index in [1.165, 1.54) is 12.1 Å². The van der Waals surface area contributed by atoms with E-state index in [4.69, 9.17) is 4.74 Å². The Hall–Kier alpha value is -2.86. The van der Waals surface area contributed by atoms with Crippen LogP contribution >= 0.6 is 0 Å². The fraction of sp³-hybridized carbons (Fsp3) is 0.318. The number of aliphatic hydroxyl groups excluding tert-OH is 1. The van der Waals surface area contributed by atoms with Crippen LogP contribution in [0.5, 0.6) is 5.75 Å². The summed E-state index contributed by atoms with van der Waals surface area (Å²) < 4.78 is 19.0. The largest absolute Gasteiger partial charge is 0.448 e. The highest BCUT2D eigenvalue weighted by atomic mass is 19.1. The number of hydrogen-bond donors (Lipinski definition) is 2. The van der Waals surface area contributed by atoms with Crippen molar-refractivity contribution in [1.82, 2.24) is 5.32 Å². The van der Waals surface area contributed by atoms with Crippen molar-refractivity contribution >= 4 is 11.6 Å². The second-order valence-electron chi connectivity index (χ2n) is 7.25. The van der Waals surface area contributed by atoms with E-state index in [1.54, 1.807) is 18.3 Å². The third-order valence-corrected chi connectivity index (χ3v) is 5.20. The third kappa shape index (κ3) is 4.02. The topological polar surface area (TPSA) is 61.8 Å². The first kappa shape index (κ1) is 18.5. The van der Waals surface area contributed by atoms with Gasteiger partial charge >= 0.3 is 0 Å². The van der Waals surface area contributed by atoms with Gasteiger partial charge < -0.3 is 20.1 Å². The normalized spacial score (nSPS) is 21.4. The van der Waals surface area contributed by atoms with E-state index in [1.807, 2.05) is 29.2 Å². The predicted octanol–water partition coefficient (Wildman–Crippen LogP) is 3.49. The molecule has 0 radical (unpaired) electrons. The minimum Gasteiger partial charge on any atom is -0.448 e. The lowest BCUT2D eigenvalue weighted by Crippen LogP contribution is -2.46. The van der Waals surface area contributed by atoms with Gasteiger partial charge in [-0.05, 0) is 42.7 Å². The molecule has 5 nitrogen and oxygen atoms in total. The number of rotatable bonds is 4. The Kier molecular flexibility index (Phi) is 5.30. The number of amides is 1. The first-order chi connectivity index (χ1) is 13.6. The average molecular weight is 382 g/mol. The predicted molar refractivity (Wildman–Crippen MR) is 104 cm³/mol. The molecule has 0 spiro atoms. The molecule has 2 N–H and O–H groups in total. The molecule has 1 amide bonds. The van der Waals surface area contributed by atoms with E-state index in [2.05, 4.69) is 5.32 Å². The molecular formula is C22H23FN2O3. The molecule has 6 heteroatoms. The number of halogens is 1. The van der Waals surface area contributed by atoms with E-state index in [9.17, 15) is 14.3 Å². The first-order valence-electron chi connectivity index (χ1n) is 9.59. The van der Waals surface area contributed by atoms with Crippen molar-refractivity contribution in [2.45, 2.75) is 44.4 Å². The van der Waals surface area contributed by atoms with Gasteiger partial charge in [0.05, 0.1) is 24.0 Å². The number of anilines is 1. The molecule has 4 rings (SSSR count). The Bertz CT molecular complexity index is 882. The van der Waals surface area contributed by atoms with Crippen LogP contribution in [0, 0.1) is 5.82 Å². The van der Waals surface area contributed by atoms with Crippen LogP contribution in [-0.2, 0) is 11.3 Å². The number of aliphatic hydroxyl groups is 1. The molecule has 1 aliphatic carbocycles. The molecule has 2 aliphatic rings. The Morgan fingerprint density at radius 3 is 2.68 bits per heavy atom. The summed E-state index contributed by atoms with van der Waals surface area (Å²) in [6, 6.07) is 13.5. The highest BCUT2D eigenvalue weighted by Crippen LogP contribution is 2.35. The van der Waals surface area contributed by atoms with Gasteiger partial charge in [-0.1, -0.05) is 37.1 Å². The number of hydrogen-bond acceptors (Lipinski definition) is 4. The standard InChI is InChI=1S/C22H23FN2O3/c23-16-11-9-15(10-12-16)13-25-14-21(28-20-8-4-2-6-18(20)25)22(27)24-17-5-1-3-7-19(17)26/h2,4,6,8-12,14,17,19,26H,1,3,5,7,13H2,(H,24,27)/t17-,19-/m0/s1. The van der Waals surface area contributed by atoms with Crippen LogP contribution in [0.4, 0.5) is 10.1 Å². The smallest absolute Gasteiger partial charge is 0.288 e. The number of benzene rings is 2. The Balaban J connectivity index is 1.56. The van der Waals surface area contributed by atoms with Crippen molar-refractivity contribution in [2.24, 2.45) is 0 Å². The van der Waals surface area contributed by atoms with Crippen molar-refractivity contribution in [1.29, 1.82) is 0 Å². The zero-order valence-electron chi connectivity index (χ0n) is 15.5. The van der Waals surface area contributed by atoms with Gasteiger partial charge in [-0.25, -0.2) is 4.39 Å². The molecule has 0 bridgehead atoms. The number of fused-ring (bicyclic) bond motifs is 1. The number of nitrogens with zero attached hydrogens (tertiary/aromatic N) is 1. The van der Waals surface area contributed by atoms with Crippen LogP contribution < -0.4 is 15.0 Å². The molecule has 1 aliphatic heterocycles. The van der Waals surface area contributed by atoms with Gasteiger partial charge in [0.1, 0.15) is 5.82 Å². The number of para-hydroxylation sites is 2. The molecule has 2 atom stereocenters. The van der Waals surface area contributed by atoms with Gasteiger partial charge in [-0.3, -0.25) is 4.79 Å². The van der Waals surface area contributed by atoms with Crippen molar-refractivity contribution in [3.05, 3.63) is 71.9 Å². The molecule has 1 saturated carbocycles. The van der Waals surface area contributed by atoms with Crippen LogP contribution in [-0.4, -0.2) is 23.2 Å². The highest BCUT2D eigenvalue weighted by molar-refractivity contribution is 5.93. The van der Waals surface area contributed by atoms with E-state index >= 15 is 0 Å². The molecule has 146 valence electrons. The number of ether oxygens (including phenoxy) is 1. The van der Waals surface area contributed by atoms with Crippen molar-refractivity contribution in [3.8, 4) is 5.75 Å². The summed E-state index contributed by atoms with van der Waals surface area (Å²) in [5, 5.41) is 13.0. The van der Waals surface area contributed by atoms with Crippen molar-refractivity contribution in [2.75, 3.05) is 4.90 Å². The minimum atomic E-state index is -0.524. The van der Waals surface area contributed by atoms with E-state index in [-0.39, 0.29) is 23.5 Å². The Morgan fingerprint density at radius 2 is 1.89 bits per heavy atom. The molecule has 1 heterocycles. The van der Waals surface area contributed by atoms with Gasteiger partial charge in [0.2, 0.25) is 5.76 Å². The lowest BCUT2D eigenvalue weighted by atomic mass is 9.92. The van der Waals surface area contributed by atoms with Gasteiger partial charge in [0, 0.05) is 6.54 Å². The first-order valence-corrected chi connectivity index (χ1v) is 9.59. The summed E-state index contributed by atoms with van der Waals surface area (Å²) in [6.45, 7) is 0.476. The molecule has 0 saturated heterocycles. The zero-order valence-corrected chi connectivity index (χ0v) is 15.5. The summed E-state index contributed by atoms with van der Waals surface area (Å²) >= 11 is 0. The van der Waals surface area contributed by atoms with Crippen LogP contribution in [0.3, 0.4) is 0 Å². The highest BCUT2D eigenvalue weighted by Gasteiger charge is 2.29. The number of carbonyl (C=O) groups excluding carboxylic acids is 1. The number of nitrogens with one attached hydrogen (secondary N) is 1. The molecule has 2 aromatic rings. The van der Waals surface area contributed by atoms with Crippen LogP contribution in [0.25, 0.3) is 0 Å². The second kappa shape index (κ2) is 8.02. The second-order valence-corrected chi connectivity index (χ2v) is 7.25. The monoisotopic (exact) mass is 382 g/mol. The molecule has 0 unspecified atom stereocenters. The quantitative estimate of drug-likeness (QED) is 0.850. The van der Waals surface area contributed by atoms with Crippen molar-refractivity contribution < 1.29 is 19.0 Å². The third-order valence-electron chi connectivity index (χ3n) is 5.20. The fourth-order valence-electron chi connectivity index (χ4n) is 3.68. The maximum Gasteiger partial charge on any atom is 0.288 e. The van der Waals surface area contributed by atoms with Gasteiger partial charge in [-0.2, -0.15) is 0 Å². The Morgan fingerprint density at radius 1 is 1.14 bits per heavy atom. The van der Waals surface area contributed by atoms with E-state index in [0.717, 1.165) is 30.5 Å². The summed E-state index contributed by atoms with van der Waals surface area (Å²) in [5.41, 5.74) is 1.75. The molecule has 2 aromatic carbocycles. The molecule has 1 fully saturated rings. The van der Waals surface area contributed by atoms with Gasteiger partial charge in [0.15, 0.2) is 5.75 Å². The average Bonchev–Trinajstić information content (AvgIpc) is 2.71. The summed E-state index contributed by atoms with van der Waals surface area (Å²) in [6.07, 6.45) is 4.56. The molecular weight excluding hydrogens is 359 g/mol. The number of carbonyl (C=O) groups is 1. The lowest BCUT2D eigenvalue weighted by molar-refractivity contribution is -0.121. The SMILES string of the molecule is O=C(N[C@H]1CCCC[C@@H]1O)C1=CN(Cc2ccc(F)cc2)c2ccccc2O1. The lowest BCUT2D eigenvalue weighted by Gasteiger charge is -2.31. The van der Waals surface area contributed by atoms with E-state index < -0.39 is 6.10 Å². The van der Waals surface area contributed by atoms with Crippen LogP contribution in [0.2, 0.25) is 0 Å². The molecule has 0 aromatic heterocycles. The fourth-order valence-corrected chi connectivity index (χ4v) is 3.68. The summed E-state index contributed by atoms with van der Waals surface area (Å²) in [5.74, 6) is 0.136. The van der Waals surface area contributed by atoms with Crippen LogP contribution in [0.1, 0.15) is 31.2 Å².